The Kier molecular flexibility index (Phi) is 3.36. The summed E-state index contributed by atoms with van der Waals surface area (Å²) < 4.78 is 0. The van der Waals surface area contributed by atoms with Crippen molar-refractivity contribution in [3.05, 3.63) is 0 Å². The van der Waals surface area contributed by atoms with Crippen LogP contribution in [0.15, 0.2) is 0 Å². The molecule has 1 saturated heterocycles. The first kappa shape index (κ1) is 11.4. The predicted octanol–water partition coefficient (Wildman–Crippen LogP) is 2.06. The summed E-state index contributed by atoms with van der Waals surface area (Å²) in [6, 6.07) is 1.63. The minimum Gasteiger partial charge on any atom is -0.306 e. The van der Waals surface area contributed by atoms with E-state index in [4.69, 9.17) is 0 Å². The second-order valence-electron chi connectivity index (χ2n) is 5.99. The molecule has 0 aromatic rings. The molecule has 1 aliphatic heterocycles. The fourth-order valence-corrected chi connectivity index (χ4v) is 3.11. The van der Waals surface area contributed by atoms with Crippen molar-refractivity contribution in [1.29, 1.82) is 0 Å². The SMILES string of the molecule is CC(C)N1CCC(C2CC(N(C)C)C2)C1. The van der Waals surface area contributed by atoms with Gasteiger partial charge in [0.2, 0.25) is 0 Å². The summed E-state index contributed by atoms with van der Waals surface area (Å²) in [5.41, 5.74) is 0. The van der Waals surface area contributed by atoms with Gasteiger partial charge in [-0.2, -0.15) is 0 Å². The number of rotatable bonds is 3. The van der Waals surface area contributed by atoms with Gasteiger partial charge in [-0.1, -0.05) is 0 Å². The lowest BCUT2D eigenvalue weighted by atomic mass is 9.71. The van der Waals surface area contributed by atoms with Gasteiger partial charge in [-0.25, -0.2) is 0 Å². The Morgan fingerprint density at radius 3 is 2.27 bits per heavy atom. The van der Waals surface area contributed by atoms with Crippen molar-refractivity contribution >= 4 is 0 Å². The molecule has 88 valence electrons. The topological polar surface area (TPSA) is 6.48 Å². The molecule has 0 radical (unpaired) electrons. The van der Waals surface area contributed by atoms with Crippen molar-refractivity contribution in [1.82, 2.24) is 9.80 Å². The molecule has 0 amide bonds. The smallest absolute Gasteiger partial charge is 0.00946 e. The van der Waals surface area contributed by atoms with Gasteiger partial charge in [-0.05, 0) is 65.6 Å². The van der Waals surface area contributed by atoms with E-state index >= 15 is 0 Å². The van der Waals surface area contributed by atoms with Crippen molar-refractivity contribution < 1.29 is 0 Å². The van der Waals surface area contributed by atoms with Crippen LogP contribution in [-0.2, 0) is 0 Å². The lowest BCUT2D eigenvalue weighted by Gasteiger charge is -2.42. The monoisotopic (exact) mass is 210 g/mol. The van der Waals surface area contributed by atoms with Gasteiger partial charge in [0.1, 0.15) is 0 Å². The maximum Gasteiger partial charge on any atom is 0.00946 e. The van der Waals surface area contributed by atoms with E-state index in [0.29, 0.717) is 0 Å². The van der Waals surface area contributed by atoms with Crippen LogP contribution in [0.4, 0.5) is 0 Å². The molecule has 0 aromatic carbocycles. The summed E-state index contributed by atoms with van der Waals surface area (Å²) in [5, 5.41) is 0. The van der Waals surface area contributed by atoms with Gasteiger partial charge in [-0.3, -0.25) is 0 Å². The summed E-state index contributed by atoms with van der Waals surface area (Å²) in [5.74, 6) is 2.03. The van der Waals surface area contributed by atoms with Crippen molar-refractivity contribution in [2.45, 2.75) is 45.2 Å². The standard InChI is InChI=1S/C13H26N2/c1-10(2)15-6-5-11(9-15)12-7-13(8-12)14(3)4/h10-13H,5-9H2,1-4H3. The Balaban J connectivity index is 1.74. The fraction of sp³-hybridized carbons (Fsp3) is 1.00. The first-order valence-electron chi connectivity index (χ1n) is 6.48. The lowest BCUT2D eigenvalue weighted by Crippen LogP contribution is -2.43. The molecule has 2 fully saturated rings. The van der Waals surface area contributed by atoms with Crippen LogP contribution in [0.2, 0.25) is 0 Å². The first-order chi connectivity index (χ1) is 7.08. The molecule has 0 aromatic heterocycles. The highest BCUT2D eigenvalue weighted by atomic mass is 15.2. The highest BCUT2D eigenvalue weighted by Crippen LogP contribution is 2.40. The van der Waals surface area contributed by atoms with Gasteiger partial charge in [-0.15, -0.1) is 0 Å². The van der Waals surface area contributed by atoms with E-state index in [9.17, 15) is 0 Å². The Morgan fingerprint density at radius 1 is 1.13 bits per heavy atom. The molecule has 0 spiro atoms. The number of hydrogen-bond acceptors (Lipinski definition) is 2. The Morgan fingerprint density at radius 2 is 1.80 bits per heavy atom. The summed E-state index contributed by atoms with van der Waals surface area (Å²) in [6.07, 6.45) is 4.34. The molecule has 1 heterocycles. The van der Waals surface area contributed by atoms with Gasteiger partial charge in [0.25, 0.3) is 0 Å². The molecule has 2 heteroatoms. The molecule has 0 bridgehead atoms. The fourth-order valence-electron chi connectivity index (χ4n) is 3.11. The first-order valence-corrected chi connectivity index (χ1v) is 6.48. The molecule has 2 nitrogen and oxygen atoms in total. The van der Waals surface area contributed by atoms with Crippen LogP contribution in [0.1, 0.15) is 33.1 Å². The molecule has 15 heavy (non-hydrogen) atoms. The average molecular weight is 210 g/mol. The van der Waals surface area contributed by atoms with Crippen molar-refractivity contribution in [2.75, 3.05) is 27.2 Å². The summed E-state index contributed by atoms with van der Waals surface area (Å²) >= 11 is 0. The van der Waals surface area contributed by atoms with E-state index in [-0.39, 0.29) is 0 Å². The Labute approximate surface area is 94.6 Å². The Hall–Kier alpha value is -0.0800. The zero-order chi connectivity index (χ0) is 11.0. The maximum absolute atomic E-state index is 2.65. The van der Waals surface area contributed by atoms with E-state index in [1.54, 1.807) is 0 Å². The molecule has 1 aliphatic carbocycles. The van der Waals surface area contributed by atoms with E-state index < -0.39 is 0 Å². The highest BCUT2D eigenvalue weighted by molar-refractivity contribution is 4.92. The van der Waals surface area contributed by atoms with Gasteiger partial charge in [0.15, 0.2) is 0 Å². The highest BCUT2D eigenvalue weighted by Gasteiger charge is 2.39. The van der Waals surface area contributed by atoms with Crippen LogP contribution in [-0.4, -0.2) is 49.1 Å². The van der Waals surface area contributed by atoms with Crippen molar-refractivity contribution in [3.63, 3.8) is 0 Å². The van der Waals surface area contributed by atoms with E-state index in [2.05, 4.69) is 37.7 Å². The summed E-state index contributed by atoms with van der Waals surface area (Å²) in [7, 11) is 4.44. The molecule has 1 atom stereocenters. The third kappa shape index (κ3) is 2.36. The normalized spacial score (nSPS) is 37.6. The summed E-state index contributed by atoms with van der Waals surface area (Å²) in [4.78, 5) is 5.04. The third-order valence-electron chi connectivity index (χ3n) is 4.53. The van der Waals surface area contributed by atoms with Crippen LogP contribution < -0.4 is 0 Å². The minimum absolute atomic E-state index is 0.750. The molecule has 0 N–H and O–H groups in total. The van der Waals surface area contributed by atoms with Crippen LogP contribution >= 0.6 is 0 Å². The van der Waals surface area contributed by atoms with Crippen LogP contribution in [0.5, 0.6) is 0 Å². The number of nitrogens with zero attached hydrogens (tertiary/aromatic N) is 2. The van der Waals surface area contributed by atoms with Crippen molar-refractivity contribution in [3.8, 4) is 0 Å². The van der Waals surface area contributed by atoms with Crippen molar-refractivity contribution in [2.24, 2.45) is 11.8 Å². The molecule has 2 rings (SSSR count). The predicted molar refractivity (Wildman–Crippen MR) is 65.0 cm³/mol. The van der Waals surface area contributed by atoms with Crippen LogP contribution in [0.25, 0.3) is 0 Å². The lowest BCUT2D eigenvalue weighted by molar-refractivity contribution is 0.0809. The largest absolute Gasteiger partial charge is 0.306 e. The van der Waals surface area contributed by atoms with E-state index in [0.717, 1.165) is 23.9 Å². The van der Waals surface area contributed by atoms with E-state index in [1.807, 2.05) is 0 Å². The van der Waals surface area contributed by atoms with Gasteiger partial charge in [0.05, 0.1) is 0 Å². The molecule has 1 saturated carbocycles. The Bertz CT molecular complexity index is 207. The minimum atomic E-state index is 0.750. The zero-order valence-electron chi connectivity index (χ0n) is 10.7. The van der Waals surface area contributed by atoms with Crippen LogP contribution in [0.3, 0.4) is 0 Å². The second kappa shape index (κ2) is 4.42. The summed E-state index contributed by atoms with van der Waals surface area (Å²) in [6.45, 7) is 7.35. The third-order valence-corrected chi connectivity index (χ3v) is 4.53. The van der Waals surface area contributed by atoms with E-state index in [1.165, 1.54) is 32.4 Å². The van der Waals surface area contributed by atoms with Gasteiger partial charge >= 0.3 is 0 Å². The van der Waals surface area contributed by atoms with Gasteiger partial charge in [0, 0.05) is 18.6 Å². The molecular weight excluding hydrogens is 184 g/mol. The van der Waals surface area contributed by atoms with Gasteiger partial charge < -0.3 is 9.80 Å². The average Bonchev–Trinajstić information content (AvgIpc) is 2.49. The molecule has 1 unspecified atom stereocenters. The van der Waals surface area contributed by atoms with Crippen LogP contribution in [0, 0.1) is 11.8 Å². The molecular formula is C13H26N2. The number of likely N-dealkylation sites (tertiary alicyclic amines) is 1. The molecule has 2 aliphatic rings. The number of hydrogen-bond donors (Lipinski definition) is 0. The maximum atomic E-state index is 2.65. The quantitative estimate of drug-likeness (QED) is 0.703. The second-order valence-corrected chi connectivity index (χ2v) is 5.99. The zero-order valence-corrected chi connectivity index (χ0v) is 10.7.